The highest BCUT2D eigenvalue weighted by Crippen LogP contribution is 2.25. The lowest BCUT2D eigenvalue weighted by molar-refractivity contribution is -0.0504. The number of halogens is 3. The summed E-state index contributed by atoms with van der Waals surface area (Å²) in [4.78, 5) is 6.51. The van der Waals surface area contributed by atoms with Gasteiger partial charge in [-0.1, -0.05) is 13.8 Å². The van der Waals surface area contributed by atoms with Crippen LogP contribution in [0.25, 0.3) is 0 Å². The Hall–Kier alpha value is -1.36. The largest absolute Gasteiger partial charge is 0.497 e. The van der Waals surface area contributed by atoms with Crippen molar-refractivity contribution < 1.29 is 18.3 Å². The second-order valence-corrected chi connectivity index (χ2v) is 5.73. The van der Waals surface area contributed by atoms with E-state index in [4.69, 9.17) is 4.74 Å². The van der Waals surface area contributed by atoms with Crippen LogP contribution < -0.4 is 20.1 Å². The summed E-state index contributed by atoms with van der Waals surface area (Å²) in [6.07, 6.45) is 0. The molecule has 1 atom stereocenters. The molecule has 0 aliphatic carbocycles. The molecule has 0 saturated heterocycles. The van der Waals surface area contributed by atoms with E-state index in [1.807, 2.05) is 0 Å². The molecule has 0 amide bonds. The standard InChI is InChI=1S/C18H30F2N4O2.HI/c1-6-24(7-2)13(3)11-22-18(21-4)23-12-14-10-15(25-5)8-9-16(14)26-17(19)20;/h8-10,13,17H,6-7,11-12H2,1-5H3,(H2,21,22,23);1H. The monoisotopic (exact) mass is 500 g/mol. The van der Waals surface area contributed by atoms with Gasteiger partial charge in [-0.05, 0) is 38.2 Å². The quantitative estimate of drug-likeness (QED) is 0.294. The number of methoxy groups -OCH3 is 1. The number of ether oxygens (including phenoxy) is 2. The maximum absolute atomic E-state index is 12.6. The van der Waals surface area contributed by atoms with Gasteiger partial charge in [0, 0.05) is 31.7 Å². The molecule has 2 N–H and O–H groups in total. The molecule has 6 nitrogen and oxygen atoms in total. The van der Waals surface area contributed by atoms with Gasteiger partial charge in [0.25, 0.3) is 0 Å². The van der Waals surface area contributed by atoms with E-state index in [2.05, 4.69) is 46.0 Å². The summed E-state index contributed by atoms with van der Waals surface area (Å²) < 4.78 is 34.9. The van der Waals surface area contributed by atoms with Gasteiger partial charge < -0.3 is 20.1 Å². The summed E-state index contributed by atoms with van der Waals surface area (Å²) in [7, 11) is 3.19. The van der Waals surface area contributed by atoms with E-state index >= 15 is 0 Å². The zero-order chi connectivity index (χ0) is 19.5. The number of likely N-dealkylation sites (N-methyl/N-ethyl adjacent to an activating group) is 1. The maximum atomic E-state index is 12.6. The second-order valence-electron chi connectivity index (χ2n) is 5.73. The lowest BCUT2D eigenvalue weighted by Gasteiger charge is -2.27. The first-order valence-corrected chi connectivity index (χ1v) is 8.75. The average molecular weight is 500 g/mol. The van der Waals surface area contributed by atoms with Crippen LogP contribution in [-0.4, -0.2) is 57.3 Å². The molecule has 1 unspecified atom stereocenters. The van der Waals surface area contributed by atoms with Crippen LogP contribution in [-0.2, 0) is 6.54 Å². The molecule has 0 aliphatic heterocycles. The van der Waals surface area contributed by atoms with Gasteiger partial charge in [-0.3, -0.25) is 9.89 Å². The lowest BCUT2D eigenvalue weighted by Crippen LogP contribution is -2.45. The minimum atomic E-state index is -2.88. The molecule has 1 rings (SSSR count). The van der Waals surface area contributed by atoms with Crippen LogP contribution in [0.1, 0.15) is 26.3 Å². The molecular formula is C18H31F2IN4O2. The van der Waals surface area contributed by atoms with Crippen molar-refractivity contribution in [1.82, 2.24) is 15.5 Å². The summed E-state index contributed by atoms with van der Waals surface area (Å²) in [5.41, 5.74) is 0.560. The predicted octanol–water partition coefficient (Wildman–Crippen LogP) is 3.31. The third kappa shape index (κ3) is 8.91. The van der Waals surface area contributed by atoms with E-state index in [0.29, 0.717) is 23.3 Å². The number of benzene rings is 1. The van der Waals surface area contributed by atoms with E-state index in [-0.39, 0.29) is 36.3 Å². The van der Waals surface area contributed by atoms with Crippen LogP contribution in [0.3, 0.4) is 0 Å². The van der Waals surface area contributed by atoms with Gasteiger partial charge in [0.2, 0.25) is 0 Å². The van der Waals surface area contributed by atoms with E-state index < -0.39 is 6.61 Å². The number of rotatable bonds is 10. The van der Waals surface area contributed by atoms with Crippen molar-refractivity contribution in [1.29, 1.82) is 0 Å². The third-order valence-electron chi connectivity index (χ3n) is 4.15. The van der Waals surface area contributed by atoms with Crippen LogP contribution in [0.2, 0.25) is 0 Å². The number of hydrogen-bond donors (Lipinski definition) is 2. The molecule has 1 aromatic carbocycles. The van der Waals surface area contributed by atoms with Crippen molar-refractivity contribution in [2.45, 2.75) is 40.0 Å². The summed E-state index contributed by atoms with van der Waals surface area (Å²) in [5, 5.41) is 6.38. The summed E-state index contributed by atoms with van der Waals surface area (Å²) >= 11 is 0. The first kappa shape index (κ1) is 25.6. The zero-order valence-electron chi connectivity index (χ0n) is 16.6. The minimum Gasteiger partial charge on any atom is -0.497 e. The van der Waals surface area contributed by atoms with Gasteiger partial charge in [0.1, 0.15) is 11.5 Å². The van der Waals surface area contributed by atoms with Crippen LogP contribution in [0.15, 0.2) is 23.2 Å². The fourth-order valence-electron chi connectivity index (χ4n) is 2.65. The SMILES string of the molecule is CCN(CC)C(C)CNC(=NC)NCc1cc(OC)ccc1OC(F)F.I. The number of alkyl halides is 2. The zero-order valence-corrected chi connectivity index (χ0v) is 18.9. The Morgan fingerprint density at radius 2 is 1.89 bits per heavy atom. The topological polar surface area (TPSA) is 58.1 Å². The smallest absolute Gasteiger partial charge is 0.387 e. The molecule has 1 aromatic rings. The van der Waals surface area contributed by atoms with Crippen LogP contribution >= 0.6 is 24.0 Å². The number of hydrogen-bond acceptors (Lipinski definition) is 4. The molecule has 0 radical (unpaired) electrons. The highest BCUT2D eigenvalue weighted by molar-refractivity contribution is 14.0. The fourth-order valence-corrected chi connectivity index (χ4v) is 2.65. The Balaban J connectivity index is 0.00000676. The molecular weight excluding hydrogens is 469 g/mol. The van der Waals surface area contributed by atoms with E-state index in [1.54, 1.807) is 19.2 Å². The summed E-state index contributed by atoms with van der Waals surface area (Å²) in [6.45, 7) is 6.46. The van der Waals surface area contributed by atoms with E-state index in [9.17, 15) is 8.78 Å². The number of guanidine groups is 1. The van der Waals surface area contributed by atoms with Gasteiger partial charge >= 0.3 is 6.61 Å². The van der Waals surface area contributed by atoms with Gasteiger partial charge in [0.05, 0.1) is 7.11 Å². The highest BCUT2D eigenvalue weighted by atomic mass is 127. The first-order chi connectivity index (χ1) is 12.4. The van der Waals surface area contributed by atoms with Crippen LogP contribution in [0, 0.1) is 0 Å². The van der Waals surface area contributed by atoms with Crippen molar-refractivity contribution >= 4 is 29.9 Å². The molecule has 0 saturated carbocycles. The van der Waals surface area contributed by atoms with Gasteiger partial charge in [0.15, 0.2) is 5.96 Å². The van der Waals surface area contributed by atoms with Crippen molar-refractivity contribution in [2.24, 2.45) is 4.99 Å². The molecule has 0 fully saturated rings. The molecule has 0 aromatic heterocycles. The summed E-state index contributed by atoms with van der Waals surface area (Å²) in [5.74, 6) is 1.27. The Bertz CT molecular complexity index is 572. The Labute approximate surface area is 177 Å². The number of nitrogens with zero attached hydrogens (tertiary/aromatic N) is 2. The van der Waals surface area contributed by atoms with Gasteiger partial charge in [-0.25, -0.2) is 0 Å². The second kappa shape index (κ2) is 13.8. The molecule has 0 aliphatic rings. The summed E-state index contributed by atoms with van der Waals surface area (Å²) in [6, 6.07) is 5.06. The average Bonchev–Trinajstić information content (AvgIpc) is 2.63. The molecule has 0 heterocycles. The fraction of sp³-hybridized carbons (Fsp3) is 0.611. The van der Waals surface area contributed by atoms with E-state index in [0.717, 1.165) is 19.6 Å². The Kier molecular flexibility index (Phi) is 13.1. The molecule has 0 bridgehead atoms. The van der Waals surface area contributed by atoms with Gasteiger partial charge in [-0.2, -0.15) is 8.78 Å². The molecule has 9 heteroatoms. The molecule has 0 spiro atoms. The van der Waals surface area contributed by atoms with Crippen molar-refractivity contribution in [3.05, 3.63) is 23.8 Å². The number of nitrogens with one attached hydrogen (secondary N) is 2. The first-order valence-electron chi connectivity index (χ1n) is 8.75. The normalized spacial score (nSPS) is 12.6. The Morgan fingerprint density at radius 3 is 2.41 bits per heavy atom. The van der Waals surface area contributed by atoms with E-state index in [1.165, 1.54) is 13.2 Å². The lowest BCUT2D eigenvalue weighted by atomic mass is 10.2. The minimum absolute atomic E-state index is 0. The number of aliphatic imine (C=N–C) groups is 1. The highest BCUT2D eigenvalue weighted by Gasteiger charge is 2.13. The van der Waals surface area contributed by atoms with Gasteiger partial charge in [-0.15, -0.1) is 24.0 Å². The van der Waals surface area contributed by atoms with Crippen molar-refractivity contribution in [3.63, 3.8) is 0 Å². The predicted molar refractivity (Wildman–Crippen MR) is 116 cm³/mol. The third-order valence-corrected chi connectivity index (χ3v) is 4.15. The maximum Gasteiger partial charge on any atom is 0.387 e. The van der Waals surface area contributed by atoms with Crippen LogP contribution in [0.4, 0.5) is 8.78 Å². The Morgan fingerprint density at radius 1 is 1.22 bits per heavy atom. The van der Waals surface area contributed by atoms with Crippen molar-refractivity contribution in [3.8, 4) is 11.5 Å². The van der Waals surface area contributed by atoms with Crippen molar-refractivity contribution in [2.75, 3.05) is 33.8 Å². The van der Waals surface area contributed by atoms with Crippen LogP contribution in [0.5, 0.6) is 11.5 Å². The molecule has 27 heavy (non-hydrogen) atoms. The molecule has 156 valence electrons.